The van der Waals surface area contributed by atoms with Crippen molar-refractivity contribution in [2.24, 2.45) is 0 Å². The van der Waals surface area contributed by atoms with Gasteiger partial charge in [0.2, 0.25) is 18.3 Å². The number of fused-ring (bicyclic) bond motifs is 1. The molecule has 0 atom stereocenters. The molecule has 0 fully saturated rings. The zero-order chi connectivity index (χ0) is 18.6. The molecule has 0 spiro atoms. The van der Waals surface area contributed by atoms with Crippen LogP contribution in [0.5, 0.6) is 11.5 Å². The Morgan fingerprint density at radius 1 is 1.07 bits per heavy atom. The predicted molar refractivity (Wildman–Crippen MR) is 97.3 cm³/mol. The molecule has 0 N–H and O–H groups in total. The van der Waals surface area contributed by atoms with Crippen molar-refractivity contribution in [2.45, 2.75) is 6.61 Å². The Bertz CT molecular complexity index is 1060. The Hall–Kier alpha value is -3.61. The lowest BCUT2D eigenvalue weighted by Crippen LogP contribution is -2.39. The molecular weight excluding hydrogens is 346 g/mol. The summed E-state index contributed by atoms with van der Waals surface area (Å²) in [6.45, 7) is 0.354. The maximum atomic E-state index is 5.84. The van der Waals surface area contributed by atoms with E-state index in [2.05, 4.69) is 9.97 Å². The van der Waals surface area contributed by atoms with E-state index < -0.39 is 0 Å². The molecule has 27 heavy (non-hydrogen) atoms. The fourth-order valence-electron chi connectivity index (χ4n) is 2.59. The molecule has 0 bridgehead atoms. The Morgan fingerprint density at radius 2 is 1.96 bits per heavy atom. The first kappa shape index (κ1) is 16.8. The van der Waals surface area contributed by atoms with Gasteiger partial charge in [-0.2, -0.15) is 0 Å². The summed E-state index contributed by atoms with van der Waals surface area (Å²) < 4.78 is 18.3. The van der Waals surface area contributed by atoms with Crippen molar-refractivity contribution in [3.63, 3.8) is 0 Å². The van der Waals surface area contributed by atoms with E-state index in [0.29, 0.717) is 29.6 Å². The molecule has 0 aliphatic carbocycles. The summed E-state index contributed by atoms with van der Waals surface area (Å²) in [5, 5.41) is 0. The molecule has 0 amide bonds. The van der Waals surface area contributed by atoms with Crippen molar-refractivity contribution >= 4 is 11.1 Å². The Kier molecular flexibility index (Phi) is 4.57. The number of ether oxygens (including phenoxy) is 2. The monoisotopic (exact) mass is 364 g/mol. The van der Waals surface area contributed by atoms with E-state index in [0.717, 1.165) is 16.8 Å². The topological polar surface area (TPSA) is 70.5 Å². The van der Waals surface area contributed by atoms with Crippen LogP contribution in [0.1, 0.15) is 5.69 Å². The van der Waals surface area contributed by atoms with Crippen LogP contribution in [0.3, 0.4) is 0 Å². The third-order valence-electron chi connectivity index (χ3n) is 4.01. The lowest BCUT2D eigenvalue weighted by Gasteiger charge is -2.06. The van der Waals surface area contributed by atoms with Gasteiger partial charge in [-0.1, -0.05) is 0 Å². The second-order valence-electron chi connectivity index (χ2n) is 5.76. The highest BCUT2D eigenvalue weighted by molar-refractivity contribution is 5.77. The van der Waals surface area contributed by atoms with Gasteiger partial charge in [-0.15, -0.1) is 0 Å². The molecule has 0 aliphatic heterocycles. The second-order valence-corrected chi connectivity index (χ2v) is 5.76. The van der Waals surface area contributed by atoms with E-state index in [4.69, 9.17) is 18.7 Å². The summed E-state index contributed by atoms with van der Waals surface area (Å²) in [4.78, 5) is 14.0. The van der Waals surface area contributed by atoms with Gasteiger partial charge >= 0.3 is 0 Å². The third-order valence-corrected chi connectivity index (χ3v) is 4.01. The number of nitrogens with zero attached hydrogens (tertiary/aromatic N) is 3. The summed E-state index contributed by atoms with van der Waals surface area (Å²) in [5.74, 6) is 1.93. The molecule has 136 valence electrons. The highest BCUT2D eigenvalue weighted by Gasteiger charge is 2.13. The number of pyridine rings is 2. The zero-order valence-corrected chi connectivity index (χ0v) is 15.0. The standard InChI is InChI=1S/C20H18N3O4/c1-24-17-6-5-15(21-11-17)13-26-16-7-8-19-18(10-16)22-20(27-19)14-4-3-9-23(12-14)25-2/h3-12H,13H2,1-2H3/q+1. The van der Waals surface area contributed by atoms with Gasteiger partial charge in [0.1, 0.15) is 36.3 Å². The summed E-state index contributed by atoms with van der Waals surface area (Å²) in [5.41, 5.74) is 3.04. The third kappa shape index (κ3) is 3.67. The number of hydrogen-bond acceptors (Lipinski definition) is 6. The molecule has 0 saturated carbocycles. The van der Waals surface area contributed by atoms with E-state index >= 15 is 0 Å². The van der Waals surface area contributed by atoms with Crippen LogP contribution in [0.25, 0.3) is 22.6 Å². The fraction of sp³-hybridized carbons (Fsp3) is 0.150. The van der Waals surface area contributed by atoms with Crippen LogP contribution in [0.2, 0.25) is 0 Å². The average molecular weight is 364 g/mol. The number of oxazole rings is 1. The minimum atomic E-state index is 0.354. The molecule has 3 aromatic heterocycles. The van der Waals surface area contributed by atoms with E-state index in [-0.39, 0.29) is 0 Å². The largest absolute Gasteiger partial charge is 0.495 e. The first-order chi connectivity index (χ1) is 13.2. The molecule has 0 saturated heterocycles. The summed E-state index contributed by atoms with van der Waals surface area (Å²) >= 11 is 0. The van der Waals surface area contributed by atoms with Gasteiger partial charge in [-0.25, -0.2) is 4.98 Å². The van der Waals surface area contributed by atoms with Crippen molar-refractivity contribution in [3.8, 4) is 23.0 Å². The minimum Gasteiger partial charge on any atom is -0.495 e. The van der Waals surface area contributed by atoms with E-state index in [1.54, 1.807) is 37.5 Å². The van der Waals surface area contributed by atoms with Crippen LogP contribution in [0.15, 0.2) is 65.5 Å². The Balaban J connectivity index is 1.53. The maximum Gasteiger partial charge on any atom is 0.235 e. The van der Waals surface area contributed by atoms with Crippen molar-refractivity contribution in [1.82, 2.24) is 9.97 Å². The van der Waals surface area contributed by atoms with Crippen molar-refractivity contribution in [2.75, 3.05) is 14.2 Å². The number of benzene rings is 1. The quantitative estimate of drug-likeness (QED) is 0.490. The number of methoxy groups -OCH3 is 1. The lowest BCUT2D eigenvalue weighted by molar-refractivity contribution is -0.885. The van der Waals surface area contributed by atoms with E-state index in [1.165, 1.54) is 0 Å². The molecule has 0 radical (unpaired) electrons. The van der Waals surface area contributed by atoms with Gasteiger partial charge in [-0.05, 0) is 30.3 Å². The Labute approximate surface area is 155 Å². The van der Waals surface area contributed by atoms with Crippen LogP contribution < -0.4 is 19.0 Å². The first-order valence-electron chi connectivity index (χ1n) is 8.33. The molecule has 4 rings (SSSR count). The van der Waals surface area contributed by atoms with Crippen molar-refractivity contribution < 1.29 is 23.5 Å². The normalized spacial score (nSPS) is 10.7. The number of aromatic nitrogens is 3. The summed E-state index contributed by atoms with van der Waals surface area (Å²) in [7, 11) is 3.20. The van der Waals surface area contributed by atoms with Gasteiger partial charge < -0.3 is 13.9 Å². The van der Waals surface area contributed by atoms with Gasteiger partial charge in [-0.3, -0.25) is 9.82 Å². The highest BCUT2D eigenvalue weighted by atomic mass is 16.6. The van der Waals surface area contributed by atoms with Crippen molar-refractivity contribution in [3.05, 3.63) is 66.7 Å². The molecular formula is C20H18N3O4+. The van der Waals surface area contributed by atoms with Gasteiger partial charge in [0, 0.05) is 16.9 Å². The second kappa shape index (κ2) is 7.33. The maximum absolute atomic E-state index is 5.84. The van der Waals surface area contributed by atoms with Gasteiger partial charge in [0.05, 0.1) is 19.0 Å². The van der Waals surface area contributed by atoms with E-state index in [1.807, 2.05) is 42.5 Å². The summed E-state index contributed by atoms with van der Waals surface area (Å²) in [6, 6.07) is 13.0. The predicted octanol–water partition coefficient (Wildman–Crippen LogP) is 2.82. The zero-order valence-electron chi connectivity index (χ0n) is 15.0. The van der Waals surface area contributed by atoms with Crippen LogP contribution in [-0.2, 0) is 6.61 Å². The SMILES string of the molecule is COc1ccc(COc2ccc3oc(-c4ccc[n+](OC)c4)nc3c2)nc1. The van der Waals surface area contributed by atoms with Crippen LogP contribution in [-0.4, -0.2) is 24.2 Å². The summed E-state index contributed by atoms with van der Waals surface area (Å²) in [6.07, 6.45) is 5.26. The van der Waals surface area contributed by atoms with Crippen molar-refractivity contribution in [1.29, 1.82) is 0 Å². The highest BCUT2D eigenvalue weighted by Crippen LogP contribution is 2.26. The molecule has 0 unspecified atom stereocenters. The van der Waals surface area contributed by atoms with Crippen LogP contribution >= 0.6 is 0 Å². The minimum absolute atomic E-state index is 0.354. The number of hydrogen-bond donors (Lipinski definition) is 0. The van der Waals surface area contributed by atoms with Gasteiger partial charge in [0.15, 0.2) is 5.58 Å². The first-order valence-corrected chi connectivity index (χ1v) is 8.33. The number of rotatable bonds is 6. The molecule has 7 nitrogen and oxygen atoms in total. The molecule has 0 aliphatic rings. The molecule has 3 heterocycles. The van der Waals surface area contributed by atoms with E-state index in [9.17, 15) is 0 Å². The molecule has 4 aromatic rings. The molecule has 7 heteroatoms. The Morgan fingerprint density at radius 3 is 2.74 bits per heavy atom. The van der Waals surface area contributed by atoms with Crippen LogP contribution in [0, 0.1) is 0 Å². The average Bonchev–Trinajstić information content (AvgIpc) is 3.16. The van der Waals surface area contributed by atoms with Gasteiger partial charge in [0.25, 0.3) is 0 Å². The smallest absolute Gasteiger partial charge is 0.235 e. The van der Waals surface area contributed by atoms with Crippen LogP contribution in [0.4, 0.5) is 0 Å². The lowest BCUT2D eigenvalue weighted by atomic mass is 10.3. The molecule has 1 aromatic carbocycles. The fourth-order valence-corrected chi connectivity index (χ4v) is 2.59.